The van der Waals surface area contributed by atoms with Crippen LogP contribution in [-0.2, 0) is 7.05 Å². The van der Waals surface area contributed by atoms with Crippen LogP contribution < -0.4 is 10.9 Å². The molecule has 0 aromatic carbocycles. The van der Waals surface area contributed by atoms with E-state index < -0.39 is 11.5 Å². The highest BCUT2D eigenvalue weighted by atomic mass is 16.2. The molecule has 3 aromatic rings. The second-order valence-corrected chi connectivity index (χ2v) is 4.96. The summed E-state index contributed by atoms with van der Waals surface area (Å²) in [6.45, 7) is 1.83. The standard InChI is InChI=1S/C16H14N4O2/c1-10-5-3-7-13(18-10)19-15(21)12-9-11-6-4-8-17-14(11)20(2)16(12)22/h3-9H,1-2H3,(H,18,19,21). The van der Waals surface area contributed by atoms with E-state index in [9.17, 15) is 9.59 Å². The van der Waals surface area contributed by atoms with Gasteiger partial charge in [0, 0.05) is 24.3 Å². The third-order valence-corrected chi connectivity index (χ3v) is 3.34. The molecule has 3 aromatic heterocycles. The van der Waals surface area contributed by atoms with Gasteiger partial charge in [-0.25, -0.2) is 9.97 Å². The van der Waals surface area contributed by atoms with Crippen LogP contribution in [0.15, 0.2) is 47.4 Å². The molecule has 0 radical (unpaired) electrons. The molecule has 0 unspecified atom stereocenters. The lowest BCUT2D eigenvalue weighted by Gasteiger charge is -2.08. The van der Waals surface area contributed by atoms with Gasteiger partial charge in [0.2, 0.25) is 0 Å². The molecule has 0 spiro atoms. The first-order valence-corrected chi connectivity index (χ1v) is 6.76. The number of amides is 1. The Morgan fingerprint density at radius 3 is 2.82 bits per heavy atom. The van der Waals surface area contributed by atoms with E-state index in [4.69, 9.17) is 0 Å². The summed E-state index contributed by atoms with van der Waals surface area (Å²) in [6, 6.07) is 10.4. The normalized spacial score (nSPS) is 10.6. The van der Waals surface area contributed by atoms with E-state index >= 15 is 0 Å². The van der Waals surface area contributed by atoms with Gasteiger partial charge in [-0.2, -0.15) is 0 Å². The summed E-state index contributed by atoms with van der Waals surface area (Å²) in [5.41, 5.74) is 0.994. The number of aromatic nitrogens is 3. The van der Waals surface area contributed by atoms with Gasteiger partial charge in [-0.3, -0.25) is 14.2 Å². The van der Waals surface area contributed by atoms with Crippen molar-refractivity contribution in [3.8, 4) is 0 Å². The molecule has 22 heavy (non-hydrogen) atoms. The quantitative estimate of drug-likeness (QED) is 0.783. The predicted octanol–water partition coefficient (Wildman–Crippen LogP) is 1.89. The van der Waals surface area contributed by atoms with Crippen molar-refractivity contribution >= 4 is 22.8 Å². The zero-order chi connectivity index (χ0) is 15.7. The Labute approximate surface area is 126 Å². The molecule has 0 fully saturated rings. The highest BCUT2D eigenvalue weighted by molar-refractivity contribution is 6.05. The molecule has 0 atom stereocenters. The molecule has 6 heteroatoms. The average Bonchev–Trinajstić information content (AvgIpc) is 2.51. The fourth-order valence-corrected chi connectivity index (χ4v) is 2.26. The Kier molecular flexibility index (Phi) is 3.42. The van der Waals surface area contributed by atoms with Gasteiger partial charge in [-0.15, -0.1) is 0 Å². The fourth-order valence-electron chi connectivity index (χ4n) is 2.26. The lowest BCUT2D eigenvalue weighted by molar-refractivity contribution is 0.102. The minimum absolute atomic E-state index is 0.0614. The predicted molar refractivity (Wildman–Crippen MR) is 83.9 cm³/mol. The number of carbonyl (C=O) groups excluding carboxylic acids is 1. The van der Waals surface area contributed by atoms with Crippen molar-refractivity contribution in [1.29, 1.82) is 0 Å². The first-order valence-electron chi connectivity index (χ1n) is 6.76. The summed E-state index contributed by atoms with van der Waals surface area (Å²) in [5.74, 6) is -0.0669. The number of nitrogens with zero attached hydrogens (tertiary/aromatic N) is 3. The Hall–Kier alpha value is -3.02. The summed E-state index contributed by atoms with van der Waals surface area (Å²) in [4.78, 5) is 33.0. The van der Waals surface area contributed by atoms with Gasteiger partial charge >= 0.3 is 0 Å². The number of pyridine rings is 3. The maximum Gasteiger partial charge on any atom is 0.264 e. The molecular weight excluding hydrogens is 280 g/mol. The highest BCUT2D eigenvalue weighted by Gasteiger charge is 2.15. The highest BCUT2D eigenvalue weighted by Crippen LogP contribution is 2.11. The third-order valence-electron chi connectivity index (χ3n) is 3.34. The van der Waals surface area contributed by atoms with E-state index in [1.807, 2.05) is 19.1 Å². The van der Waals surface area contributed by atoms with Gasteiger partial charge in [-0.05, 0) is 37.3 Å². The van der Waals surface area contributed by atoms with Crippen LogP contribution in [-0.4, -0.2) is 20.4 Å². The molecule has 0 aliphatic carbocycles. The summed E-state index contributed by atoms with van der Waals surface area (Å²) >= 11 is 0. The van der Waals surface area contributed by atoms with E-state index in [-0.39, 0.29) is 5.56 Å². The van der Waals surface area contributed by atoms with Gasteiger partial charge in [0.25, 0.3) is 11.5 Å². The van der Waals surface area contributed by atoms with E-state index in [0.29, 0.717) is 11.5 Å². The van der Waals surface area contributed by atoms with E-state index in [2.05, 4.69) is 15.3 Å². The van der Waals surface area contributed by atoms with Crippen LogP contribution in [0.2, 0.25) is 0 Å². The third kappa shape index (κ3) is 2.46. The fraction of sp³-hybridized carbons (Fsp3) is 0.125. The van der Waals surface area contributed by atoms with Crippen molar-refractivity contribution in [3.63, 3.8) is 0 Å². The number of aryl methyl sites for hydroxylation is 2. The minimum Gasteiger partial charge on any atom is -0.306 e. The molecule has 0 saturated carbocycles. The van der Waals surface area contributed by atoms with Crippen molar-refractivity contribution in [2.45, 2.75) is 6.92 Å². The molecule has 1 N–H and O–H groups in total. The minimum atomic E-state index is -0.482. The Bertz CT molecular complexity index is 931. The van der Waals surface area contributed by atoms with E-state index in [0.717, 1.165) is 11.1 Å². The molecule has 0 aliphatic rings. The maximum atomic E-state index is 12.4. The molecule has 0 saturated heterocycles. The lowest BCUT2D eigenvalue weighted by Crippen LogP contribution is -2.28. The summed E-state index contributed by atoms with van der Waals surface area (Å²) in [6.07, 6.45) is 1.61. The van der Waals surface area contributed by atoms with E-state index in [1.54, 1.807) is 37.5 Å². The summed E-state index contributed by atoms with van der Waals surface area (Å²) < 4.78 is 1.37. The van der Waals surface area contributed by atoms with Crippen LogP contribution in [0.3, 0.4) is 0 Å². The molecule has 3 rings (SSSR count). The maximum absolute atomic E-state index is 12.4. The van der Waals surface area contributed by atoms with Gasteiger partial charge in [0.1, 0.15) is 17.0 Å². The van der Waals surface area contributed by atoms with Crippen LogP contribution >= 0.6 is 0 Å². The Balaban J connectivity index is 2.04. The van der Waals surface area contributed by atoms with Crippen molar-refractivity contribution < 1.29 is 4.79 Å². The molecule has 1 amide bonds. The van der Waals surface area contributed by atoms with Gasteiger partial charge in [0.05, 0.1) is 0 Å². The van der Waals surface area contributed by atoms with Gasteiger partial charge in [-0.1, -0.05) is 6.07 Å². The van der Waals surface area contributed by atoms with Crippen LogP contribution in [0.25, 0.3) is 11.0 Å². The van der Waals surface area contributed by atoms with Crippen LogP contribution in [0, 0.1) is 6.92 Å². The van der Waals surface area contributed by atoms with Crippen LogP contribution in [0.4, 0.5) is 5.82 Å². The number of hydrogen-bond acceptors (Lipinski definition) is 4. The monoisotopic (exact) mass is 294 g/mol. The number of carbonyl (C=O) groups is 1. The Morgan fingerprint density at radius 2 is 2.05 bits per heavy atom. The summed E-state index contributed by atoms with van der Waals surface area (Å²) in [5, 5.41) is 3.38. The van der Waals surface area contributed by atoms with Crippen molar-refractivity contribution in [2.75, 3.05) is 5.32 Å². The molecule has 0 bridgehead atoms. The van der Waals surface area contributed by atoms with Crippen molar-refractivity contribution in [2.24, 2.45) is 7.05 Å². The molecule has 0 aliphatic heterocycles. The van der Waals surface area contributed by atoms with Gasteiger partial charge < -0.3 is 5.32 Å². The van der Waals surface area contributed by atoms with E-state index in [1.165, 1.54) is 4.57 Å². The van der Waals surface area contributed by atoms with Crippen molar-refractivity contribution in [1.82, 2.24) is 14.5 Å². The second kappa shape index (κ2) is 5.40. The number of rotatable bonds is 2. The molecule has 6 nitrogen and oxygen atoms in total. The summed E-state index contributed by atoms with van der Waals surface area (Å²) in [7, 11) is 1.60. The van der Waals surface area contributed by atoms with Crippen LogP contribution in [0.5, 0.6) is 0 Å². The molecular formula is C16H14N4O2. The van der Waals surface area contributed by atoms with Crippen molar-refractivity contribution in [3.05, 3.63) is 64.2 Å². The Morgan fingerprint density at radius 1 is 1.23 bits per heavy atom. The average molecular weight is 294 g/mol. The first-order chi connectivity index (χ1) is 10.6. The molecule has 110 valence electrons. The zero-order valence-electron chi connectivity index (χ0n) is 12.2. The smallest absolute Gasteiger partial charge is 0.264 e. The van der Waals surface area contributed by atoms with Gasteiger partial charge in [0.15, 0.2) is 0 Å². The topological polar surface area (TPSA) is 76.9 Å². The number of fused-ring (bicyclic) bond motifs is 1. The zero-order valence-corrected chi connectivity index (χ0v) is 12.2. The number of hydrogen-bond donors (Lipinski definition) is 1. The number of nitrogens with one attached hydrogen (secondary N) is 1. The second-order valence-electron chi connectivity index (χ2n) is 4.96. The first kappa shape index (κ1) is 13.9. The SMILES string of the molecule is Cc1cccc(NC(=O)c2cc3cccnc3n(C)c2=O)n1. The number of anilines is 1. The lowest BCUT2D eigenvalue weighted by atomic mass is 10.2. The van der Waals surface area contributed by atoms with Crippen LogP contribution in [0.1, 0.15) is 16.1 Å². The largest absolute Gasteiger partial charge is 0.306 e. The molecule has 3 heterocycles.